The van der Waals surface area contributed by atoms with E-state index in [1.807, 2.05) is 7.05 Å². The standard InChI is InChI=1S/C32H38N2O9/c1-9-14(2)32(39)43-13-22-23-17(26(35)15(3)30(41-7)28(23)37)11-20-25-24-18(27(36)16(4)31(42-8)29(24)38)10-19(33(25)5)21(12-40-6)34(20)22/h9,19-22,25H,10-13H2,1-8H3/b14-9-/t19-,20-,21-,22-,25-/m0/s1. The maximum Gasteiger partial charge on any atom is 0.333 e. The number of Topliss-reactive ketones (excluding diaryl/α,β-unsaturated/α-hetero) is 4. The summed E-state index contributed by atoms with van der Waals surface area (Å²) in [5, 5.41) is 0. The van der Waals surface area contributed by atoms with Crippen molar-refractivity contribution in [3.05, 3.63) is 56.6 Å². The third kappa shape index (κ3) is 4.47. The number of nitrogens with zero attached hydrogens (tertiary/aromatic N) is 2. The second-order valence-electron chi connectivity index (χ2n) is 11.6. The minimum absolute atomic E-state index is 0.0108. The molecule has 0 aromatic rings. The zero-order chi connectivity index (χ0) is 31.5. The van der Waals surface area contributed by atoms with E-state index in [9.17, 15) is 24.0 Å². The lowest BCUT2D eigenvalue weighted by atomic mass is 9.67. The number of allylic oxidation sites excluding steroid dienone is 5. The molecule has 0 saturated carbocycles. The van der Waals surface area contributed by atoms with Crippen LogP contribution in [-0.2, 0) is 42.9 Å². The summed E-state index contributed by atoms with van der Waals surface area (Å²) in [6.45, 7) is 6.54. The molecular weight excluding hydrogens is 556 g/mol. The van der Waals surface area contributed by atoms with Gasteiger partial charge < -0.3 is 18.9 Å². The van der Waals surface area contributed by atoms with E-state index in [2.05, 4.69) is 9.80 Å². The highest BCUT2D eigenvalue weighted by atomic mass is 16.5. The maximum atomic E-state index is 13.9. The van der Waals surface area contributed by atoms with E-state index in [1.165, 1.54) is 14.2 Å². The molecular formula is C32H38N2O9. The van der Waals surface area contributed by atoms with Gasteiger partial charge in [-0.15, -0.1) is 0 Å². The third-order valence-electron chi connectivity index (χ3n) is 9.69. The van der Waals surface area contributed by atoms with Crippen molar-refractivity contribution in [2.75, 3.05) is 41.6 Å². The van der Waals surface area contributed by atoms with E-state index in [4.69, 9.17) is 18.9 Å². The first kappa shape index (κ1) is 30.8. The molecule has 11 nitrogen and oxygen atoms in total. The molecule has 3 heterocycles. The number of methoxy groups -OCH3 is 3. The number of ketones is 4. The molecule has 0 spiro atoms. The summed E-state index contributed by atoms with van der Waals surface area (Å²) in [5.74, 6) is -1.91. The van der Waals surface area contributed by atoms with Crippen molar-refractivity contribution in [1.82, 2.24) is 9.80 Å². The lowest BCUT2D eigenvalue weighted by Crippen LogP contribution is -2.75. The van der Waals surface area contributed by atoms with Crippen LogP contribution in [0.5, 0.6) is 0 Å². The Morgan fingerprint density at radius 1 is 0.837 bits per heavy atom. The van der Waals surface area contributed by atoms with Gasteiger partial charge in [-0.1, -0.05) is 6.08 Å². The molecule has 0 radical (unpaired) electrons. The van der Waals surface area contributed by atoms with E-state index in [1.54, 1.807) is 40.9 Å². The van der Waals surface area contributed by atoms with E-state index < -0.39 is 29.9 Å². The molecule has 0 unspecified atom stereocenters. The Hall–Kier alpha value is -3.67. The van der Waals surface area contributed by atoms with Crippen LogP contribution < -0.4 is 0 Å². The van der Waals surface area contributed by atoms with Gasteiger partial charge in [0.2, 0.25) is 11.6 Å². The predicted molar refractivity (Wildman–Crippen MR) is 154 cm³/mol. The lowest BCUT2D eigenvalue weighted by Gasteiger charge is -2.61. The Morgan fingerprint density at radius 3 is 1.91 bits per heavy atom. The first-order valence-corrected chi connectivity index (χ1v) is 14.4. The molecule has 11 heteroatoms. The Kier molecular flexibility index (Phi) is 8.19. The second kappa shape index (κ2) is 11.4. The molecule has 5 atom stereocenters. The van der Waals surface area contributed by atoms with Crippen molar-refractivity contribution in [3.8, 4) is 0 Å². The first-order chi connectivity index (χ1) is 20.4. The van der Waals surface area contributed by atoms with Crippen LogP contribution in [0.4, 0.5) is 0 Å². The molecule has 0 aromatic carbocycles. The van der Waals surface area contributed by atoms with Gasteiger partial charge in [0.15, 0.2) is 23.1 Å². The van der Waals surface area contributed by atoms with E-state index in [-0.39, 0.29) is 83.7 Å². The molecule has 1 fully saturated rings. The van der Waals surface area contributed by atoms with Crippen molar-refractivity contribution in [2.24, 2.45) is 0 Å². The van der Waals surface area contributed by atoms with E-state index >= 15 is 0 Å². The van der Waals surface area contributed by atoms with Gasteiger partial charge >= 0.3 is 5.97 Å². The van der Waals surface area contributed by atoms with Crippen molar-refractivity contribution < 1.29 is 42.9 Å². The molecule has 2 bridgehead atoms. The van der Waals surface area contributed by atoms with Crippen LogP contribution in [0.25, 0.3) is 0 Å². The number of likely N-dealkylation sites (N-methyl/N-ethyl adjacent to an activating group) is 1. The van der Waals surface area contributed by atoms with Crippen LogP contribution in [0.1, 0.15) is 40.5 Å². The fourth-order valence-electron chi connectivity index (χ4n) is 7.53. The topological polar surface area (TPSA) is 129 Å². The largest absolute Gasteiger partial charge is 0.492 e. The van der Waals surface area contributed by atoms with Gasteiger partial charge in [0.25, 0.3) is 0 Å². The number of esters is 1. The Bertz CT molecular complexity index is 1490. The van der Waals surface area contributed by atoms with Gasteiger partial charge in [-0.2, -0.15) is 0 Å². The molecule has 0 N–H and O–H groups in total. The number of hydrogen-bond donors (Lipinski definition) is 0. The zero-order valence-electron chi connectivity index (χ0n) is 25.9. The monoisotopic (exact) mass is 594 g/mol. The molecule has 230 valence electrons. The minimum atomic E-state index is -0.827. The fourth-order valence-corrected chi connectivity index (χ4v) is 7.53. The van der Waals surface area contributed by atoms with Gasteiger partial charge in [-0.3, -0.25) is 29.0 Å². The number of piperazine rings is 1. The third-order valence-corrected chi connectivity index (χ3v) is 9.69. The predicted octanol–water partition coefficient (Wildman–Crippen LogP) is 1.78. The molecule has 0 amide bonds. The molecule has 43 heavy (non-hydrogen) atoms. The molecule has 5 rings (SSSR count). The van der Waals surface area contributed by atoms with E-state index in [0.29, 0.717) is 22.3 Å². The van der Waals surface area contributed by atoms with Crippen LogP contribution >= 0.6 is 0 Å². The average molecular weight is 595 g/mol. The number of fused-ring (bicyclic) bond motifs is 5. The molecule has 1 saturated heterocycles. The van der Waals surface area contributed by atoms with Gasteiger partial charge in [0.1, 0.15) is 6.61 Å². The number of carbonyl (C=O) groups is 5. The van der Waals surface area contributed by atoms with E-state index in [0.717, 1.165) is 0 Å². The van der Waals surface area contributed by atoms with Crippen LogP contribution in [0.3, 0.4) is 0 Å². The molecule has 0 aromatic heterocycles. The molecule has 5 aliphatic rings. The van der Waals surface area contributed by atoms with Gasteiger partial charge in [-0.05, 0) is 47.6 Å². The number of ether oxygens (including phenoxy) is 4. The quantitative estimate of drug-likeness (QED) is 0.243. The van der Waals surface area contributed by atoms with Gasteiger partial charge in [-0.25, -0.2) is 4.79 Å². The first-order valence-electron chi connectivity index (χ1n) is 14.4. The van der Waals surface area contributed by atoms with Gasteiger partial charge in [0.05, 0.1) is 32.9 Å². The normalized spacial score (nSPS) is 30.0. The maximum absolute atomic E-state index is 13.9. The highest BCUT2D eigenvalue weighted by molar-refractivity contribution is 6.26. The van der Waals surface area contributed by atoms with Crippen LogP contribution in [0.2, 0.25) is 0 Å². The Morgan fingerprint density at radius 2 is 1.37 bits per heavy atom. The van der Waals surface area contributed by atoms with Crippen LogP contribution in [0.15, 0.2) is 56.6 Å². The van der Waals surface area contributed by atoms with Crippen molar-refractivity contribution in [1.29, 1.82) is 0 Å². The van der Waals surface area contributed by atoms with Gasteiger partial charge in [0, 0.05) is 64.2 Å². The van der Waals surface area contributed by atoms with Crippen molar-refractivity contribution in [3.63, 3.8) is 0 Å². The smallest absolute Gasteiger partial charge is 0.333 e. The summed E-state index contributed by atoms with van der Waals surface area (Å²) in [7, 11) is 6.20. The summed E-state index contributed by atoms with van der Waals surface area (Å²) in [6.07, 6.45) is 2.05. The summed E-state index contributed by atoms with van der Waals surface area (Å²) in [6, 6.07) is -2.61. The summed E-state index contributed by atoms with van der Waals surface area (Å²) in [4.78, 5) is 72.3. The summed E-state index contributed by atoms with van der Waals surface area (Å²) in [5.41, 5.74) is 2.20. The van der Waals surface area contributed by atoms with Crippen LogP contribution in [0, 0.1) is 0 Å². The Labute approximate surface area is 250 Å². The number of carbonyl (C=O) groups excluding carboxylic acids is 5. The van der Waals surface area contributed by atoms with Crippen molar-refractivity contribution >= 4 is 29.1 Å². The van der Waals surface area contributed by atoms with Crippen LogP contribution in [-0.4, -0.2) is 111 Å². The zero-order valence-corrected chi connectivity index (χ0v) is 25.9. The average Bonchev–Trinajstić information content (AvgIpc) is 2.99. The highest BCUT2D eigenvalue weighted by Gasteiger charge is 2.59. The number of hydrogen-bond acceptors (Lipinski definition) is 11. The highest BCUT2D eigenvalue weighted by Crippen LogP contribution is 2.49. The minimum Gasteiger partial charge on any atom is -0.492 e. The number of rotatable bonds is 7. The van der Waals surface area contributed by atoms with Crippen molar-refractivity contribution in [2.45, 2.75) is 70.7 Å². The SMILES string of the molecule is C/C=C(/C)C(=O)OC[C@H]1C2=C(C[C@H]3[C@H]4C5=C(C[C@@H]([C@H](COC)N13)N4C)C(=O)C(C)=C(OC)C5=O)C(=O)C(C)=C(OC)C2=O. The second-order valence-corrected chi connectivity index (χ2v) is 11.6. The fraction of sp³-hybridized carbons (Fsp3) is 0.531. The molecule has 3 aliphatic heterocycles. The summed E-state index contributed by atoms with van der Waals surface area (Å²) < 4.78 is 22.3. The summed E-state index contributed by atoms with van der Waals surface area (Å²) >= 11 is 0. The Balaban J connectivity index is 1.71. The lowest BCUT2D eigenvalue weighted by molar-refractivity contribution is -0.146. The molecule has 2 aliphatic carbocycles.